The van der Waals surface area contributed by atoms with Crippen LogP contribution in [0.25, 0.3) is 0 Å². The molecule has 22 heavy (non-hydrogen) atoms. The van der Waals surface area contributed by atoms with Gasteiger partial charge in [0.2, 0.25) is 0 Å². The first-order valence-corrected chi connectivity index (χ1v) is 8.94. The normalized spacial score (nSPS) is 51.3. The second-order valence-corrected chi connectivity index (χ2v) is 8.77. The van der Waals surface area contributed by atoms with Crippen LogP contribution in [0, 0.1) is 34.5 Å². The zero-order valence-corrected chi connectivity index (χ0v) is 13.7. The summed E-state index contributed by atoms with van der Waals surface area (Å²) in [4.78, 5) is 37.1. The minimum Gasteiger partial charge on any atom is -0.300 e. The monoisotopic (exact) mass is 302 g/mol. The summed E-state index contributed by atoms with van der Waals surface area (Å²) in [6.07, 6.45) is 6.32. The van der Waals surface area contributed by atoms with E-state index in [9.17, 15) is 14.4 Å². The Morgan fingerprint density at radius 2 is 1.68 bits per heavy atom. The number of hydrogen-bond donors (Lipinski definition) is 0. The van der Waals surface area contributed by atoms with Crippen molar-refractivity contribution in [3.8, 4) is 0 Å². The molecular formula is C19H26O3. The molecule has 4 aliphatic carbocycles. The maximum absolute atomic E-state index is 12.9. The molecule has 0 aromatic heterocycles. The van der Waals surface area contributed by atoms with Crippen LogP contribution in [-0.4, -0.2) is 17.3 Å². The lowest BCUT2D eigenvalue weighted by molar-refractivity contribution is -0.158. The van der Waals surface area contributed by atoms with Gasteiger partial charge >= 0.3 is 0 Å². The summed E-state index contributed by atoms with van der Waals surface area (Å²) in [6.45, 7) is 4.43. The van der Waals surface area contributed by atoms with Crippen LogP contribution in [0.4, 0.5) is 0 Å². The molecule has 0 amide bonds. The fraction of sp³-hybridized carbons (Fsp3) is 0.842. The molecule has 0 heterocycles. The second kappa shape index (κ2) is 4.52. The number of fused-ring (bicyclic) bond motifs is 5. The quantitative estimate of drug-likeness (QED) is 0.689. The highest BCUT2D eigenvalue weighted by atomic mass is 16.1. The Balaban J connectivity index is 1.72. The van der Waals surface area contributed by atoms with Crippen molar-refractivity contribution in [2.24, 2.45) is 34.5 Å². The molecule has 0 aliphatic heterocycles. The van der Waals surface area contributed by atoms with E-state index in [0.29, 0.717) is 49.0 Å². The third-order valence-electron chi connectivity index (χ3n) is 8.00. The number of ketones is 3. The van der Waals surface area contributed by atoms with Crippen LogP contribution in [0.15, 0.2) is 0 Å². The van der Waals surface area contributed by atoms with Gasteiger partial charge in [0.1, 0.15) is 17.3 Å². The van der Waals surface area contributed by atoms with Crippen molar-refractivity contribution in [1.82, 2.24) is 0 Å². The Morgan fingerprint density at radius 3 is 2.45 bits per heavy atom. The van der Waals surface area contributed by atoms with Crippen molar-refractivity contribution in [2.75, 3.05) is 0 Å². The molecule has 0 saturated heterocycles. The van der Waals surface area contributed by atoms with Gasteiger partial charge in [0.05, 0.1) is 0 Å². The summed E-state index contributed by atoms with van der Waals surface area (Å²) in [5.41, 5.74) is -0.107. The van der Waals surface area contributed by atoms with Crippen LogP contribution in [0.5, 0.6) is 0 Å². The van der Waals surface area contributed by atoms with Crippen LogP contribution >= 0.6 is 0 Å². The van der Waals surface area contributed by atoms with Crippen LogP contribution in [0.1, 0.15) is 65.2 Å². The van der Waals surface area contributed by atoms with E-state index >= 15 is 0 Å². The minimum absolute atomic E-state index is 0.0830. The van der Waals surface area contributed by atoms with Gasteiger partial charge in [-0.2, -0.15) is 0 Å². The van der Waals surface area contributed by atoms with Crippen LogP contribution in [0.3, 0.4) is 0 Å². The van der Waals surface area contributed by atoms with Crippen molar-refractivity contribution in [2.45, 2.75) is 65.2 Å². The zero-order chi connectivity index (χ0) is 15.7. The van der Waals surface area contributed by atoms with Crippen molar-refractivity contribution >= 4 is 17.3 Å². The number of Topliss-reactive ketones (excluding diaryl/α,β-unsaturated/α-hetero) is 3. The SMILES string of the molecule is C[C@@]12CCC(=O)C[C@@H]1CC(=O)[C@H]1[C@H]2CC[C@]2(C)C(=O)CC[C@H]12. The fourth-order valence-corrected chi connectivity index (χ4v) is 6.50. The first-order valence-electron chi connectivity index (χ1n) is 8.94. The van der Waals surface area contributed by atoms with Crippen molar-refractivity contribution in [3.05, 3.63) is 0 Å². The second-order valence-electron chi connectivity index (χ2n) is 8.77. The van der Waals surface area contributed by atoms with E-state index < -0.39 is 0 Å². The number of rotatable bonds is 0. The lowest BCUT2D eigenvalue weighted by atomic mass is 9.45. The first kappa shape index (κ1) is 14.6. The van der Waals surface area contributed by atoms with Crippen molar-refractivity contribution in [3.63, 3.8) is 0 Å². The molecule has 4 aliphatic rings. The number of carbonyl (C=O) groups is 3. The lowest BCUT2D eigenvalue weighted by Crippen LogP contribution is -2.57. The molecule has 4 saturated carbocycles. The topological polar surface area (TPSA) is 51.2 Å². The maximum atomic E-state index is 12.9. The zero-order valence-electron chi connectivity index (χ0n) is 13.7. The molecule has 0 unspecified atom stereocenters. The molecule has 3 nitrogen and oxygen atoms in total. The lowest BCUT2D eigenvalue weighted by Gasteiger charge is -2.58. The molecule has 0 bridgehead atoms. The summed E-state index contributed by atoms with van der Waals surface area (Å²) >= 11 is 0. The molecule has 4 rings (SSSR count). The average Bonchev–Trinajstić information content (AvgIpc) is 2.77. The van der Waals surface area contributed by atoms with Gasteiger partial charge in [-0.3, -0.25) is 14.4 Å². The van der Waals surface area contributed by atoms with Crippen molar-refractivity contribution < 1.29 is 14.4 Å². The smallest absolute Gasteiger partial charge is 0.139 e. The predicted octanol–water partition coefficient (Wildman–Crippen LogP) is 3.35. The Hall–Kier alpha value is -0.990. The fourth-order valence-electron chi connectivity index (χ4n) is 6.50. The van der Waals surface area contributed by atoms with Gasteiger partial charge in [-0.05, 0) is 48.9 Å². The van der Waals surface area contributed by atoms with Gasteiger partial charge in [0.25, 0.3) is 0 Å². The third kappa shape index (κ3) is 1.71. The van der Waals surface area contributed by atoms with Gasteiger partial charge in [-0.1, -0.05) is 13.8 Å². The van der Waals surface area contributed by atoms with E-state index in [4.69, 9.17) is 0 Å². The van der Waals surface area contributed by atoms with Gasteiger partial charge in [0, 0.05) is 37.0 Å². The molecule has 6 atom stereocenters. The summed E-state index contributed by atoms with van der Waals surface area (Å²) in [5, 5.41) is 0. The first-order chi connectivity index (χ1) is 10.4. The van der Waals surface area contributed by atoms with Crippen LogP contribution in [-0.2, 0) is 14.4 Å². The van der Waals surface area contributed by atoms with Crippen molar-refractivity contribution in [1.29, 1.82) is 0 Å². The molecule has 3 heteroatoms. The van der Waals surface area contributed by atoms with E-state index in [0.717, 1.165) is 25.7 Å². The molecule has 120 valence electrons. The Labute approximate surface area is 132 Å². The van der Waals surface area contributed by atoms with E-state index in [1.54, 1.807) is 0 Å². The minimum atomic E-state index is -0.246. The average molecular weight is 302 g/mol. The van der Waals surface area contributed by atoms with E-state index in [2.05, 4.69) is 13.8 Å². The number of carbonyl (C=O) groups excluding carboxylic acids is 3. The standard InChI is InChI=1S/C19H26O3/c1-18-7-5-12(20)9-11(18)10-15(21)17-13-3-4-16(22)19(13,2)8-6-14(17)18/h11,13-14,17H,3-10H2,1-2H3/t11-,13-,14-,17-,18-,19+/m1/s1. The van der Waals surface area contributed by atoms with Gasteiger partial charge in [-0.15, -0.1) is 0 Å². The highest BCUT2D eigenvalue weighted by Gasteiger charge is 2.62. The van der Waals surface area contributed by atoms with Gasteiger partial charge in [-0.25, -0.2) is 0 Å². The molecular weight excluding hydrogens is 276 g/mol. The van der Waals surface area contributed by atoms with E-state index in [1.807, 2.05) is 0 Å². The Kier molecular flexibility index (Phi) is 3.00. The van der Waals surface area contributed by atoms with Gasteiger partial charge in [0.15, 0.2) is 0 Å². The third-order valence-corrected chi connectivity index (χ3v) is 8.00. The van der Waals surface area contributed by atoms with E-state index in [-0.39, 0.29) is 28.6 Å². The molecule has 0 N–H and O–H groups in total. The van der Waals surface area contributed by atoms with Crippen LogP contribution in [0.2, 0.25) is 0 Å². The molecule has 0 spiro atoms. The molecule has 0 radical (unpaired) electrons. The highest BCUT2D eigenvalue weighted by Crippen LogP contribution is 2.64. The Bertz CT molecular complexity index is 565. The number of hydrogen-bond acceptors (Lipinski definition) is 3. The van der Waals surface area contributed by atoms with Gasteiger partial charge < -0.3 is 0 Å². The van der Waals surface area contributed by atoms with E-state index in [1.165, 1.54) is 0 Å². The Morgan fingerprint density at radius 1 is 0.909 bits per heavy atom. The maximum Gasteiger partial charge on any atom is 0.139 e. The predicted molar refractivity (Wildman–Crippen MR) is 82.1 cm³/mol. The summed E-state index contributed by atoms with van der Waals surface area (Å²) in [5.74, 6) is 2.08. The molecule has 4 fully saturated rings. The highest BCUT2D eigenvalue weighted by molar-refractivity contribution is 5.91. The molecule has 0 aromatic carbocycles. The van der Waals surface area contributed by atoms with Crippen LogP contribution < -0.4 is 0 Å². The summed E-state index contributed by atoms with van der Waals surface area (Å²) < 4.78 is 0. The summed E-state index contributed by atoms with van der Waals surface area (Å²) in [6, 6.07) is 0. The molecule has 0 aromatic rings. The summed E-state index contributed by atoms with van der Waals surface area (Å²) in [7, 11) is 0. The largest absolute Gasteiger partial charge is 0.300 e.